The van der Waals surface area contributed by atoms with Gasteiger partial charge in [-0.1, -0.05) is 18.6 Å². The quantitative estimate of drug-likeness (QED) is 0.832. The van der Waals surface area contributed by atoms with E-state index in [0.717, 1.165) is 25.9 Å². The highest BCUT2D eigenvalue weighted by atomic mass is 16.5. The first-order chi connectivity index (χ1) is 8.22. The first kappa shape index (κ1) is 12.0. The molecule has 6 nitrogen and oxygen atoms in total. The third-order valence-electron chi connectivity index (χ3n) is 2.93. The fraction of sp³-hybridized carbons (Fsp3) is 0.727. The van der Waals surface area contributed by atoms with E-state index < -0.39 is 5.97 Å². The summed E-state index contributed by atoms with van der Waals surface area (Å²) in [5, 5.41) is 16.7. The highest BCUT2D eigenvalue weighted by Crippen LogP contribution is 2.16. The van der Waals surface area contributed by atoms with Crippen molar-refractivity contribution in [2.45, 2.75) is 45.3 Å². The van der Waals surface area contributed by atoms with Crippen LogP contribution in [0.5, 0.6) is 0 Å². The molecular weight excluding hydrogens is 222 g/mol. The Morgan fingerprint density at radius 2 is 2.47 bits per heavy atom. The lowest BCUT2D eigenvalue weighted by molar-refractivity contribution is 0.0688. The minimum Gasteiger partial charge on any atom is -0.476 e. The molecular formula is C11H17N3O3. The van der Waals surface area contributed by atoms with Gasteiger partial charge in [-0.3, -0.25) is 0 Å². The van der Waals surface area contributed by atoms with Gasteiger partial charge in [0.25, 0.3) is 0 Å². The van der Waals surface area contributed by atoms with Crippen molar-refractivity contribution in [3.63, 3.8) is 0 Å². The molecule has 0 amide bonds. The molecule has 0 saturated carbocycles. The van der Waals surface area contributed by atoms with Gasteiger partial charge in [0, 0.05) is 6.61 Å². The number of hydrogen-bond donors (Lipinski definition) is 1. The average molecular weight is 239 g/mol. The Morgan fingerprint density at radius 1 is 1.65 bits per heavy atom. The molecule has 0 aliphatic carbocycles. The second-order valence-corrected chi connectivity index (χ2v) is 4.26. The number of carbonyl (C=O) groups is 1. The number of aromatic nitrogens is 3. The van der Waals surface area contributed by atoms with Gasteiger partial charge in [0.05, 0.1) is 18.3 Å². The van der Waals surface area contributed by atoms with E-state index in [4.69, 9.17) is 9.84 Å². The fourth-order valence-corrected chi connectivity index (χ4v) is 2.11. The smallest absolute Gasteiger partial charge is 0.358 e. The maximum atomic E-state index is 11.0. The number of carboxylic acid groups (broad SMARTS) is 1. The van der Waals surface area contributed by atoms with Crippen LogP contribution in [0.1, 0.15) is 42.4 Å². The Morgan fingerprint density at radius 3 is 3.06 bits per heavy atom. The minimum atomic E-state index is -1.01. The lowest BCUT2D eigenvalue weighted by atomic mass is 10.2. The molecule has 6 heteroatoms. The van der Waals surface area contributed by atoms with Crippen LogP contribution in [0.15, 0.2) is 0 Å². The Labute approximate surface area is 99.6 Å². The molecule has 1 aromatic rings. The van der Waals surface area contributed by atoms with Crippen molar-refractivity contribution >= 4 is 5.97 Å². The molecule has 1 N–H and O–H groups in total. The predicted octanol–water partition coefficient (Wildman–Crippen LogP) is 1.11. The van der Waals surface area contributed by atoms with E-state index in [1.807, 2.05) is 6.92 Å². The highest BCUT2D eigenvalue weighted by molar-refractivity contribution is 5.86. The van der Waals surface area contributed by atoms with E-state index in [1.54, 1.807) is 4.68 Å². The second kappa shape index (κ2) is 5.27. The van der Waals surface area contributed by atoms with Crippen molar-refractivity contribution in [1.82, 2.24) is 15.0 Å². The van der Waals surface area contributed by atoms with E-state index >= 15 is 0 Å². The summed E-state index contributed by atoms with van der Waals surface area (Å²) in [4.78, 5) is 11.0. The summed E-state index contributed by atoms with van der Waals surface area (Å²) in [6.45, 7) is 3.40. The Bertz CT molecular complexity index is 397. The van der Waals surface area contributed by atoms with Crippen molar-refractivity contribution in [1.29, 1.82) is 0 Å². The maximum absolute atomic E-state index is 11.0. The molecule has 1 aromatic heterocycles. The fourth-order valence-electron chi connectivity index (χ4n) is 2.11. The number of nitrogens with zero attached hydrogens (tertiary/aromatic N) is 3. The highest BCUT2D eigenvalue weighted by Gasteiger charge is 2.22. The lowest BCUT2D eigenvalue weighted by Gasteiger charge is -2.11. The zero-order valence-corrected chi connectivity index (χ0v) is 9.93. The van der Waals surface area contributed by atoms with Crippen LogP contribution < -0.4 is 0 Å². The predicted molar refractivity (Wildman–Crippen MR) is 60.0 cm³/mol. The molecule has 0 aromatic carbocycles. The summed E-state index contributed by atoms with van der Waals surface area (Å²) in [6.07, 6.45) is 3.77. The summed E-state index contributed by atoms with van der Waals surface area (Å²) in [5.41, 5.74) is 0.778. The van der Waals surface area contributed by atoms with E-state index in [1.165, 1.54) is 0 Å². The number of rotatable bonds is 5. The summed E-state index contributed by atoms with van der Waals surface area (Å²) >= 11 is 0. The van der Waals surface area contributed by atoms with Crippen LogP contribution in [0.25, 0.3) is 0 Å². The number of aromatic carboxylic acids is 1. The Hall–Kier alpha value is -1.43. The summed E-state index contributed by atoms with van der Waals surface area (Å²) in [6, 6.07) is 0. The molecule has 0 radical (unpaired) electrons. The number of hydrogen-bond acceptors (Lipinski definition) is 4. The Kier molecular flexibility index (Phi) is 3.73. The van der Waals surface area contributed by atoms with Gasteiger partial charge in [-0.15, -0.1) is 5.10 Å². The van der Waals surface area contributed by atoms with Gasteiger partial charge < -0.3 is 9.84 Å². The first-order valence-corrected chi connectivity index (χ1v) is 5.99. The van der Waals surface area contributed by atoms with Gasteiger partial charge in [0.2, 0.25) is 0 Å². The SMILES string of the molecule is CCCc1c(C(=O)O)nnn1CC1CCCO1. The molecule has 17 heavy (non-hydrogen) atoms. The maximum Gasteiger partial charge on any atom is 0.358 e. The molecule has 2 rings (SSSR count). The van der Waals surface area contributed by atoms with Gasteiger partial charge in [-0.05, 0) is 19.3 Å². The molecule has 1 fully saturated rings. The largest absolute Gasteiger partial charge is 0.476 e. The van der Waals surface area contributed by atoms with Crippen molar-refractivity contribution in [2.75, 3.05) is 6.61 Å². The summed E-state index contributed by atoms with van der Waals surface area (Å²) < 4.78 is 7.21. The van der Waals surface area contributed by atoms with Crippen LogP contribution in [-0.2, 0) is 17.7 Å². The number of ether oxygens (including phenoxy) is 1. The van der Waals surface area contributed by atoms with Crippen molar-refractivity contribution < 1.29 is 14.6 Å². The van der Waals surface area contributed by atoms with Crippen molar-refractivity contribution in [2.24, 2.45) is 0 Å². The number of carboxylic acids is 1. The van der Waals surface area contributed by atoms with Crippen molar-refractivity contribution in [3.05, 3.63) is 11.4 Å². The van der Waals surface area contributed by atoms with E-state index in [9.17, 15) is 4.79 Å². The van der Waals surface area contributed by atoms with Crippen LogP contribution >= 0.6 is 0 Å². The summed E-state index contributed by atoms with van der Waals surface area (Å²) in [5.74, 6) is -1.01. The third kappa shape index (κ3) is 2.63. The molecule has 1 aliphatic heterocycles. The lowest BCUT2D eigenvalue weighted by Crippen LogP contribution is -2.18. The van der Waals surface area contributed by atoms with Gasteiger partial charge in [0.1, 0.15) is 0 Å². The van der Waals surface area contributed by atoms with E-state index in [0.29, 0.717) is 18.7 Å². The summed E-state index contributed by atoms with van der Waals surface area (Å²) in [7, 11) is 0. The van der Waals surface area contributed by atoms with Gasteiger partial charge in [0.15, 0.2) is 5.69 Å². The third-order valence-corrected chi connectivity index (χ3v) is 2.93. The molecule has 1 saturated heterocycles. The van der Waals surface area contributed by atoms with Gasteiger partial charge >= 0.3 is 5.97 Å². The molecule has 0 bridgehead atoms. The zero-order chi connectivity index (χ0) is 12.3. The van der Waals surface area contributed by atoms with Crippen LogP contribution in [0.4, 0.5) is 0 Å². The molecule has 0 spiro atoms. The first-order valence-electron chi connectivity index (χ1n) is 5.99. The van der Waals surface area contributed by atoms with Gasteiger partial charge in [-0.2, -0.15) is 0 Å². The monoisotopic (exact) mass is 239 g/mol. The Balaban J connectivity index is 2.17. The van der Waals surface area contributed by atoms with Crippen molar-refractivity contribution in [3.8, 4) is 0 Å². The topological polar surface area (TPSA) is 77.2 Å². The van der Waals surface area contributed by atoms with E-state index in [-0.39, 0.29) is 11.8 Å². The molecule has 1 aliphatic rings. The van der Waals surface area contributed by atoms with E-state index in [2.05, 4.69) is 10.3 Å². The molecule has 1 atom stereocenters. The van der Waals surface area contributed by atoms with Crippen LogP contribution in [0.2, 0.25) is 0 Å². The van der Waals surface area contributed by atoms with Gasteiger partial charge in [-0.25, -0.2) is 9.48 Å². The zero-order valence-electron chi connectivity index (χ0n) is 9.93. The minimum absolute atomic E-state index is 0.0739. The average Bonchev–Trinajstić information content (AvgIpc) is 2.90. The van der Waals surface area contributed by atoms with Crippen LogP contribution in [0.3, 0.4) is 0 Å². The van der Waals surface area contributed by atoms with Crippen LogP contribution in [0, 0.1) is 0 Å². The molecule has 2 heterocycles. The standard InChI is InChI=1S/C11H17N3O3/c1-2-4-9-10(11(15)16)12-13-14(9)7-8-5-3-6-17-8/h8H,2-7H2,1H3,(H,15,16). The second-order valence-electron chi connectivity index (χ2n) is 4.26. The molecule has 1 unspecified atom stereocenters. The molecule has 94 valence electrons. The normalized spacial score (nSPS) is 19.7. The van der Waals surface area contributed by atoms with Crippen LogP contribution in [-0.4, -0.2) is 38.8 Å².